The summed E-state index contributed by atoms with van der Waals surface area (Å²) in [7, 11) is 0. The summed E-state index contributed by atoms with van der Waals surface area (Å²) in [5, 5.41) is 8.81. The number of nitrogens with zero attached hydrogens (tertiary/aromatic N) is 1. The quantitative estimate of drug-likeness (QED) is 0.861. The van der Waals surface area contributed by atoms with E-state index in [9.17, 15) is 4.79 Å². The second-order valence-electron chi connectivity index (χ2n) is 3.36. The maximum absolute atomic E-state index is 10.8. The molecule has 0 aliphatic heterocycles. The van der Waals surface area contributed by atoms with Crippen molar-refractivity contribution in [1.29, 1.82) is 0 Å². The number of aromatic carboxylic acids is 1. The highest BCUT2D eigenvalue weighted by molar-refractivity contribution is 5.85. The Kier molecular flexibility index (Phi) is 2.52. The van der Waals surface area contributed by atoms with Crippen LogP contribution >= 0.6 is 0 Å². The lowest BCUT2D eigenvalue weighted by Gasteiger charge is -1.89. The Labute approximate surface area is 91.7 Å². The van der Waals surface area contributed by atoms with Gasteiger partial charge in [-0.2, -0.15) is 0 Å². The molecule has 2 aromatic heterocycles. The summed E-state index contributed by atoms with van der Waals surface area (Å²) in [5.74, 6) is 0.188. The molecule has 0 unspecified atom stereocenters. The lowest BCUT2D eigenvalue weighted by atomic mass is 10.3. The van der Waals surface area contributed by atoms with Crippen LogP contribution in [0.5, 0.6) is 0 Å². The van der Waals surface area contributed by atoms with Crippen LogP contribution in [0.25, 0.3) is 11.7 Å². The lowest BCUT2D eigenvalue weighted by molar-refractivity contribution is 0.0662. The molecule has 0 aliphatic rings. The Morgan fingerprint density at radius 3 is 2.69 bits per heavy atom. The van der Waals surface area contributed by atoms with E-state index in [1.54, 1.807) is 13.0 Å². The van der Waals surface area contributed by atoms with Gasteiger partial charge in [0.05, 0.1) is 5.69 Å². The van der Waals surface area contributed by atoms with Gasteiger partial charge in [-0.25, -0.2) is 9.78 Å². The molecule has 84 valence electrons. The van der Waals surface area contributed by atoms with Crippen LogP contribution in [-0.4, -0.2) is 16.1 Å². The van der Waals surface area contributed by atoms with Crippen molar-refractivity contribution >= 4 is 5.97 Å². The minimum absolute atomic E-state index is 0.149. The largest absolute Gasteiger partial charge is 0.475 e. The predicted octanol–water partition coefficient (Wildman–Crippen LogP) is 2.50. The van der Waals surface area contributed by atoms with Crippen LogP contribution < -0.4 is 0 Å². The number of carbonyl (C=O) groups is 1. The summed E-state index contributed by atoms with van der Waals surface area (Å²) >= 11 is 0. The van der Waals surface area contributed by atoms with E-state index in [4.69, 9.17) is 13.9 Å². The van der Waals surface area contributed by atoms with Gasteiger partial charge in [-0.05, 0) is 19.1 Å². The molecule has 0 atom stereocenters. The van der Waals surface area contributed by atoms with Crippen LogP contribution in [0.1, 0.15) is 28.9 Å². The van der Waals surface area contributed by atoms with E-state index >= 15 is 0 Å². The highest BCUT2D eigenvalue weighted by Crippen LogP contribution is 2.24. The summed E-state index contributed by atoms with van der Waals surface area (Å²) in [4.78, 5) is 14.8. The first-order valence-electron chi connectivity index (χ1n) is 4.91. The van der Waals surface area contributed by atoms with E-state index in [1.165, 1.54) is 0 Å². The summed E-state index contributed by atoms with van der Waals surface area (Å²) in [5.41, 5.74) is 0.344. The summed E-state index contributed by atoms with van der Waals surface area (Å²) < 4.78 is 10.5. The summed E-state index contributed by atoms with van der Waals surface area (Å²) in [6.07, 6.45) is 0.769. The van der Waals surface area contributed by atoms with Crippen LogP contribution in [0.3, 0.4) is 0 Å². The number of carboxylic acids is 1. The Morgan fingerprint density at radius 2 is 2.19 bits per heavy atom. The van der Waals surface area contributed by atoms with Crippen molar-refractivity contribution in [1.82, 2.24) is 4.98 Å². The molecule has 0 radical (unpaired) electrons. The molecule has 0 saturated heterocycles. The lowest BCUT2D eigenvalue weighted by Crippen LogP contribution is -1.95. The standard InChI is InChI=1S/C11H11NO4/c1-3-7-4-5-8(15-7)10-12-6(2)9(16-10)11(13)14/h4-5H,3H2,1-2H3,(H,13,14). The van der Waals surface area contributed by atoms with Gasteiger partial charge in [-0.1, -0.05) is 6.92 Å². The second-order valence-corrected chi connectivity index (χ2v) is 3.36. The van der Waals surface area contributed by atoms with Gasteiger partial charge in [0, 0.05) is 6.42 Å². The molecule has 0 aliphatic carbocycles. The van der Waals surface area contributed by atoms with E-state index in [2.05, 4.69) is 4.98 Å². The number of hydrogen-bond acceptors (Lipinski definition) is 4. The van der Waals surface area contributed by atoms with Gasteiger partial charge in [-0.3, -0.25) is 0 Å². The molecule has 1 N–H and O–H groups in total. The van der Waals surface area contributed by atoms with E-state index < -0.39 is 5.97 Å². The molecule has 2 rings (SSSR count). The fraction of sp³-hybridized carbons (Fsp3) is 0.273. The van der Waals surface area contributed by atoms with Gasteiger partial charge in [0.25, 0.3) is 5.89 Å². The third kappa shape index (κ3) is 1.71. The van der Waals surface area contributed by atoms with Gasteiger partial charge in [0.1, 0.15) is 5.76 Å². The third-order valence-electron chi connectivity index (χ3n) is 2.21. The second kappa shape index (κ2) is 3.84. The highest BCUT2D eigenvalue weighted by atomic mass is 16.4. The van der Waals surface area contributed by atoms with Gasteiger partial charge in [0.15, 0.2) is 5.76 Å². The number of carboxylic acid groups (broad SMARTS) is 1. The smallest absolute Gasteiger partial charge is 0.373 e. The molecular formula is C11H11NO4. The molecule has 16 heavy (non-hydrogen) atoms. The molecule has 0 fully saturated rings. The number of aromatic nitrogens is 1. The summed E-state index contributed by atoms with van der Waals surface area (Å²) in [6, 6.07) is 3.53. The van der Waals surface area contributed by atoms with Crippen molar-refractivity contribution < 1.29 is 18.7 Å². The first-order valence-corrected chi connectivity index (χ1v) is 4.91. The Bertz CT molecular complexity index is 524. The van der Waals surface area contributed by atoms with Crippen LogP contribution in [0.2, 0.25) is 0 Å². The number of furan rings is 1. The first-order chi connectivity index (χ1) is 7.61. The minimum Gasteiger partial charge on any atom is -0.475 e. The molecule has 0 bridgehead atoms. The SMILES string of the molecule is CCc1ccc(-c2nc(C)c(C(=O)O)o2)o1. The zero-order chi connectivity index (χ0) is 11.7. The normalized spacial score (nSPS) is 10.6. The zero-order valence-electron chi connectivity index (χ0n) is 8.98. The van der Waals surface area contributed by atoms with Crippen LogP contribution in [0.15, 0.2) is 21.0 Å². The molecular weight excluding hydrogens is 210 g/mol. The molecule has 5 nitrogen and oxygen atoms in total. The Morgan fingerprint density at radius 1 is 1.44 bits per heavy atom. The minimum atomic E-state index is -1.13. The average molecular weight is 221 g/mol. The number of oxazole rings is 1. The molecule has 0 amide bonds. The summed E-state index contributed by atoms with van der Waals surface area (Å²) in [6.45, 7) is 3.55. The number of hydrogen-bond donors (Lipinski definition) is 1. The fourth-order valence-electron chi connectivity index (χ4n) is 1.38. The van der Waals surface area contributed by atoms with Gasteiger partial charge in [0.2, 0.25) is 5.76 Å². The molecule has 2 aromatic rings. The Balaban J connectivity index is 2.41. The van der Waals surface area contributed by atoms with E-state index in [0.29, 0.717) is 11.5 Å². The van der Waals surface area contributed by atoms with Crippen LogP contribution in [-0.2, 0) is 6.42 Å². The third-order valence-corrected chi connectivity index (χ3v) is 2.21. The Hall–Kier alpha value is -2.04. The van der Waals surface area contributed by atoms with Crippen molar-refractivity contribution in [2.75, 3.05) is 0 Å². The predicted molar refractivity (Wildman–Crippen MR) is 55.3 cm³/mol. The maximum atomic E-state index is 10.8. The van der Waals surface area contributed by atoms with Crippen molar-refractivity contribution in [3.05, 3.63) is 29.3 Å². The molecule has 5 heteroatoms. The monoisotopic (exact) mass is 221 g/mol. The van der Waals surface area contributed by atoms with Crippen molar-refractivity contribution in [3.8, 4) is 11.7 Å². The van der Waals surface area contributed by atoms with Crippen molar-refractivity contribution in [3.63, 3.8) is 0 Å². The van der Waals surface area contributed by atoms with Gasteiger partial charge in [-0.15, -0.1) is 0 Å². The number of rotatable bonds is 3. The molecule has 0 spiro atoms. The first kappa shape index (κ1) is 10.5. The van der Waals surface area contributed by atoms with Crippen molar-refractivity contribution in [2.45, 2.75) is 20.3 Å². The van der Waals surface area contributed by atoms with Gasteiger partial charge >= 0.3 is 5.97 Å². The number of aryl methyl sites for hydroxylation is 2. The van der Waals surface area contributed by atoms with E-state index in [1.807, 2.05) is 13.0 Å². The maximum Gasteiger partial charge on any atom is 0.373 e. The van der Waals surface area contributed by atoms with Gasteiger partial charge < -0.3 is 13.9 Å². The van der Waals surface area contributed by atoms with Crippen molar-refractivity contribution in [2.24, 2.45) is 0 Å². The van der Waals surface area contributed by atoms with Crippen LogP contribution in [0.4, 0.5) is 0 Å². The topological polar surface area (TPSA) is 76.5 Å². The van der Waals surface area contributed by atoms with Crippen LogP contribution in [0, 0.1) is 6.92 Å². The van der Waals surface area contributed by atoms with E-state index in [0.717, 1.165) is 12.2 Å². The fourth-order valence-corrected chi connectivity index (χ4v) is 1.38. The van der Waals surface area contributed by atoms with E-state index in [-0.39, 0.29) is 11.7 Å². The molecule has 0 saturated carbocycles. The highest BCUT2D eigenvalue weighted by Gasteiger charge is 2.18. The molecule has 0 aromatic carbocycles. The average Bonchev–Trinajstić information content (AvgIpc) is 2.83. The zero-order valence-corrected chi connectivity index (χ0v) is 8.98. The molecule has 2 heterocycles.